The molecule has 0 radical (unpaired) electrons. The lowest BCUT2D eigenvalue weighted by Crippen LogP contribution is -2.21. The van der Waals surface area contributed by atoms with Crippen molar-refractivity contribution in [2.24, 2.45) is 0 Å². The Morgan fingerprint density at radius 3 is 2.33 bits per heavy atom. The summed E-state index contributed by atoms with van der Waals surface area (Å²) in [6, 6.07) is 6.42. The van der Waals surface area contributed by atoms with Crippen molar-refractivity contribution in [3.05, 3.63) is 29.3 Å². The van der Waals surface area contributed by atoms with E-state index in [9.17, 15) is 0 Å². The van der Waals surface area contributed by atoms with Crippen LogP contribution < -0.4 is 4.74 Å². The Labute approximate surface area is 111 Å². The molecule has 0 heterocycles. The molecular weight excluding hydrogens is 226 g/mol. The van der Waals surface area contributed by atoms with Crippen LogP contribution in [0.1, 0.15) is 31.9 Å². The van der Waals surface area contributed by atoms with Gasteiger partial charge in [0.05, 0.1) is 13.8 Å². The van der Waals surface area contributed by atoms with E-state index in [4.69, 9.17) is 9.47 Å². The van der Waals surface area contributed by atoms with Crippen molar-refractivity contribution >= 4 is 0 Å². The molecule has 1 aromatic rings. The maximum absolute atomic E-state index is 5.42. The predicted molar refractivity (Wildman–Crippen MR) is 75.0 cm³/mol. The zero-order valence-corrected chi connectivity index (χ0v) is 12.4. The van der Waals surface area contributed by atoms with Crippen molar-refractivity contribution in [1.29, 1.82) is 0 Å². The molecule has 0 fully saturated rings. The molecule has 0 aliphatic rings. The molecule has 0 atom stereocenters. The van der Waals surface area contributed by atoms with Gasteiger partial charge in [-0.2, -0.15) is 0 Å². The van der Waals surface area contributed by atoms with Crippen LogP contribution in [0.15, 0.2) is 18.2 Å². The van der Waals surface area contributed by atoms with Crippen LogP contribution in [0.25, 0.3) is 0 Å². The summed E-state index contributed by atoms with van der Waals surface area (Å²) in [7, 11) is 5.46. The van der Waals surface area contributed by atoms with Gasteiger partial charge in [-0.05, 0) is 24.1 Å². The number of nitrogens with zero attached hydrogens (tertiary/aromatic N) is 1. The summed E-state index contributed by atoms with van der Waals surface area (Å²) in [4.78, 5) is 2.12. The number of methoxy groups -OCH3 is 2. The minimum Gasteiger partial charge on any atom is -0.496 e. The number of ether oxygens (including phenoxy) is 2. The first-order valence-corrected chi connectivity index (χ1v) is 6.23. The third-order valence-electron chi connectivity index (χ3n) is 2.94. The molecular formula is C15H25NO2. The second-order valence-corrected chi connectivity index (χ2v) is 5.71. The monoisotopic (exact) mass is 251 g/mol. The SMILES string of the molecule is COCN(C)Cc1cc(C(C)(C)C)ccc1OC. The summed E-state index contributed by atoms with van der Waals surface area (Å²) < 4.78 is 10.6. The van der Waals surface area contributed by atoms with Crippen LogP contribution in [0, 0.1) is 0 Å². The van der Waals surface area contributed by atoms with Crippen LogP contribution in [0.3, 0.4) is 0 Å². The average molecular weight is 251 g/mol. The van der Waals surface area contributed by atoms with Gasteiger partial charge in [-0.25, -0.2) is 0 Å². The van der Waals surface area contributed by atoms with Crippen LogP contribution in [0.4, 0.5) is 0 Å². The first kappa shape index (κ1) is 15.0. The Bertz CT molecular complexity index is 383. The Hall–Kier alpha value is -1.06. The first-order chi connectivity index (χ1) is 8.38. The normalized spacial score (nSPS) is 11.9. The lowest BCUT2D eigenvalue weighted by atomic mass is 9.86. The van der Waals surface area contributed by atoms with Gasteiger partial charge in [0.25, 0.3) is 0 Å². The second-order valence-electron chi connectivity index (χ2n) is 5.71. The standard InChI is InChI=1S/C15H25NO2/c1-15(2,3)13-7-8-14(18-6)12(9-13)10-16(4)11-17-5/h7-9H,10-11H2,1-6H3. The van der Waals surface area contributed by atoms with E-state index in [0.29, 0.717) is 6.73 Å². The third kappa shape index (κ3) is 4.00. The summed E-state index contributed by atoms with van der Waals surface area (Å²) >= 11 is 0. The van der Waals surface area contributed by atoms with E-state index in [1.807, 2.05) is 7.05 Å². The molecule has 0 bridgehead atoms. The maximum atomic E-state index is 5.42. The van der Waals surface area contributed by atoms with Gasteiger partial charge in [-0.1, -0.05) is 32.9 Å². The topological polar surface area (TPSA) is 21.7 Å². The van der Waals surface area contributed by atoms with Crippen molar-refractivity contribution in [1.82, 2.24) is 4.90 Å². The van der Waals surface area contributed by atoms with E-state index in [1.165, 1.54) is 11.1 Å². The summed E-state index contributed by atoms with van der Waals surface area (Å²) in [5.41, 5.74) is 2.68. The molecule has 18 heavy (non-hydrogen) atoms. The minimum absolute atomic E-state index is 0.154. The average Bonchev–Trinajstić information content (AvgIpc) is 2.28. The lowest BCUT2D eigenvalue weighted by molar-refractivity contribution is 0.0766. The van der Waals surface area contributed by atoms with Crippen molar-refractivity contribution in [2.45, 2.75) is 32.7 Å². The van der Waals surface area contributed by atoms with Crippen LogP contribution in [0.5, 0.6) is 5.75 Å². The van der Waals surface area contributed by atoms with Crippen molar-refractivity contribution < 1.29 is 9.47 Å². The molecule has 0 unspecified atom stereocenters. The van der Waals surface area contributed by atoms with Gasteiger partial charge in [0.15, 0.2) is 0 Å². The molecule has 0 saturated heterocycles. The fourth-order valence-corrected chi connectivity index (χ4v) is 1.93. The molecule has 0 N–H and O–H groups in total. The molecule has 0 spiro atoms. The molecule has 0 saturated carbocycles. The van der Waals surface area contributed by atoms with Crippen LogP contribution in [-0.4, -0.2) is 32.9 Å². The molecule has 0 aliphatic heterocycles. The van der Waals surface area contributed by atoms with Crippen molar-refractivity contribution in [3.8, 4) is 5.75 Å². The molecule has 102 valence electrons. The predicted octanol–water partition coefficient (Wildman–Crippen LogP) is 3.03. The number of hydrogen-bond donors (Lipinski definition) is 0. The molecule has 0 aromatic heterocycles. The Balaban J connectivity index is 2.99. The summed E-state index contributed by atoms with van der Waals surface area (Å²) in [6.45, 7) is 8.09. The van der Waals surface area contributed by atoms with E-state index in [-0.39, 0.29) is 5.41 Å². The van der Waals surface area contributed by atoms with Gasteiger partial charge < -0.3 is 9.47 Å². The highest BCUT2D eigenvalue weighted by molar-refractivity contribution is 5.39. The Morgan fingerprint density at radius 1 is 1.17 bits per heavy atom. The maximum Gasteiger partial charge on any atom is 0.123 e. The molecule has 0 aliphatic carbocycles. The van der Waals surface area contributed by atoms with Crippen LogP contribution >= 0.6 is 0 Å². The molecule has 1 rings (SSSR count). The highest BCUT2D eigenvalue weighted by Gasteiger charge is 2.16. The quantitative estimate of drug-likeness (QED) is 0.751. The lowest BCUT2D eigenvalue weighted by Gasteiger charge is -2.23. The van der Waals surface area contributed by atoms with Gasteiger partial charge in [-0.3, -0.25) is 4.90 Å². The van der Waals surface area contributed by atoms with Crippen molar-refractivity contribution in [2.75, 3.05) is 28.0 Å². The van der Waals surface area contributed by atoms with Gasteiger partial charge >= 0.3 is 0 Å². The zero-order valence-electron chi connectivity index (χ0n) is 12.4. The fourth-order valence-electron chi connectivity index (χ4n) is 1.93. The number of rotatable bonds is 5. The molecule has 3 heteroatoms. The highest BCUT2D eigenvalue weighted by Crippen LogP contribution is 2.28. The Morgan fingerprint density at radius 2 is 1.83 bits per heavy atom. The molecule has 3 nitrogen and oxygen atoms in total. The second kappa shape index (κ2) is 6.21. The minimum atomic E-state index is 0.154. The van der Waals surface area contributed by atoms with Gasteiger partial charge in [-0.15, -0.1) is 0 Å². The number of hydrogen-bond acceptors (Lipinski definition) is 3. The first-order valence-electron chi connectivity index (χ1n) is 6.23. The van der Waals surface area contributed by atoms with Crippen LogP contribution in [0.2, 0.25) is 0 Å². The smallest absolute Gasteiger partial charge is 0.123 e. The van der Waals surface area contributed by atoms with Gasteiger partial charge in [0.2, 0.25) is 0 Å². The molecule has 0 amide bonds. The molecule has 1 aromatic carbocycles. The van der Waals surface area contributed by atoms with E-state index in [0.717, 1.165) is 12.3 Å². The number of benzene rings is 1. The largest absolute Gasteiger partial charge is 0.496 e. The zero-order chi connectivity index (χ0) is 13.8. The third-order valence-corrected chi connectivity index (χ3v) is 2.94. The summed E-state index contributed by atoms with van der Waals surface area (Å²) in [6.07, 6.45) is 0. The van der Waals surface area contributed by atoms with Crippen LogP contribution in [-0.2, 0) is 16.7 Å². The van der Waals surface area contributed by atoms with E-state index < -0.39 is 0 Å². The Kier molecular flexibility index (Phi) is 5.17. The summed E-state index contributed by atoms with van der Waals surface area (Å²) in [5, 5.41) is 0. The van der Waals surface area contributed by atoms with Crippen molar-refractivity contribution in [3.63, 3.8) is 0 Å². The van der Waals surface area contributed by atoms with Gasteiger partial charge in [0.1, 0.15) is 5.75 Å². The van der Waals surface area contributed by atoms with Gasteiger partial charge in [0, 0.05) is 19.2 Å². The van der Waals surface area contributed by atoms with E-state index in [1.54, 1.807) is 14.2 Å². The van der Waals surface area contributed by atoms with E-state index in [2.05, 4.69) is 43.9 Å². The summed E-state index contributed by atoms with van der Waals surface area (Å²) in [5.74, 6) is 0.936. The fraction of sp³-hybridized carbons (Fsp3) is 0.600. The highest BCUT2D eigenvalue weighted by atomic mass is 16.5. The van der Waals surface area contributed by atoms with E-state index >= 15 is 0 Å².